The first kappa shape index (κ1) is 14.6. The lowest BCUT2D eigenvalue weighted by Gasteiger charge is -2.06. The Bertz CT molecular complexity index is 722. The molecule has 0 atom stereocenters. The van der Waals surface area contributed by atoms with Crippen LogP contribution in [0.1, 0.15) is 5.56 Å². The Morgan fingerprint density at radius 2 is 1.91 bits per heavy atom. The van der Waals surface area contributed by atoms with Crippen LogP contribution in [0.25, 0.3) is 0 Å². The summed E-state index contributed by atoms with van der Waals surface area (Å²) in [6.45, 7) is 0.204. The lowest BCUT2D eigenvalue weighted by atomic mass is 10.2. The van der Waals surface area contributed by atoms with E-state index in [2.05, 4.69) is 15.8 Å². The Morgan fingerprint density at radius 3 is 2.68 bits per heavy atom. The average molecular weight is 334 g/mol. The number of benzene rings is 2. The zero-order chi connectivity index (χ0) is 15.4. The third kappa shape index (κ3) is 3.47. The van der Waals surface area contributed by atoms with Gasteiger partial charge < -0.3 is 14.8 Å². The van der Waals surface area contributed by atoms with Gasteiger partial charge in [0.15, 0.2) is 16.6 Å². The predicted octanol–water partition coefficient (Wildman–Crippen LogP) is 3.39. The number of nitrogens with one attached hydrogen (secondary N) is 2. The Morgan fingerprint density at radius 1 is 1.18 bits per heavy atom. The highest BCUT2D eigenvalue weighted by Crippen LogP contribution is 2.36. The van der Waals surface area contributed by atoms with Crippen molar-refractivity contribution in [2.24, 2.45) is 5.10 Å². The van der Waals surface area contributed by atoms with Gasteiger partial charge in [0.05, 0.1) is 11.2 Å². The van der Waals surface area contributed by atoms with E-state index in [9.17, 15) is 0 Å². The molecule has 2 aromatic carbocycles. The second-order valence-electron chi connectivity index (χ2n) is 4.42. The van der Waals surface area contributed by atoms with Crippen LogP contribution in [-0.2, 0) is 0 Å². The van der Waals surface area contributed by atoms with Crippen LogP contribution >= 0.6 is 23.8 Å². The van der Waals surface area contributed by atoms with Crippen molar-refractivity contribution in [3.8, 4) is 11.5 Å². The van der Waals surface area contributed by atoms with E-state index >= 15 is 0 Å². The minimum Gasteiger partial charge on any atom is -0.454 e. The number of hydrogen-bond acceptors (Lipinski definition) is 4. The molecular weight excluding hydrogens is 322 g/mol. The van der Waals surface area contributed by atoms with Crippen molar-refractivity contribution >= 4 is 40.8 Å². The fourth-order valence-electron chi connectivity index (χ4n) is 1.87. The summed E-state index contributed by atoms with van der Waals surface area (Å²) in [5, 5.41) is 7.99. The maximum absolute atomic E-state index is 6.15. The molecule has 1 aliphatic rings. The van der Waals surface area contributed by atoms with Crippen LogP contribution in [0.15, 0.2) is 47.6 Å². The molecule has 1 aliphatic heterocycles. The summed E-state index contributed by atoms with van der Waals surface area (Å²) >= 11 is 11.3. The number of rotatable bonds is 3. The van der Waals surface area contributed by atoms with Gasteiger partial charge in [-0.15, -0.1) is 0 Å². The SMILES string of the molecule is S=C(NN=Cc1cc2c(cc1Cl)OCO2)Nc1ccccc1. The summed E-state index contributed by atoms with van der Waals surface area (Å²) in [5.41, 5.74) is 4.33. The van der Waals surface area contributed by atoms with Crippen molar-refractivity contribution in [2.45, 2.75) is 0 Å². The van der Waals surface area contributed by atoms with E-state index < -0.39 is 0 Å². The monoisotopic (exact) mass is 333 g/mol. The van der Waals surface area contributed by atoms with E-state index in [4.69, 9.17) is 33.3 Å². The van der Waals surface area contributed by atoms with E-state index in [1.54, 1.807) is 18.3 Å². The van der Waals surface area contributed by atoms with Crippen molar-refractivity contribution < 1.29 is 9.47 Å². The Labute approximate surface area is 137 Å². The average Bonchev–Trinajstić information content (AvgIpc) is 2.95. The van der Waals surface area contributed by atoms with Crippen LogP contribution < -0.4 is 20.2 Å². The standard InChI is InChI=1S/C15H12ClN3O2S/c16-12-7-14-13(20-9-21-14)6-10(12)8-17-19-15(22)18-11-4-2-1-3-5-11/h1-8H,9H2,(H2,18,19,22). The molecule has 0 saturated carbocycles. The molecule has 0 fully saturated rings. The molecular formula is C15H12ClN3O2S. The van der Waals surface area contributed by atoms with Gasteiger partial charge >= 0.3 is 0 Å². The molecule has 0 unspecified atom stereocenters. The van der Waals surface area contributed by atoms with Gasteiger partial charge in [-0.05, 0) is 30.4 Å². The summed E-state index contributed by atoms with van der Waals surface area (Å²) in [6.07, 6.45) is 1.57. The van der Waals surface area contributed by atoms with E-state index in [1.807, 2.05) is 30.3 Å². The van der Waals surface area contributed by atoms with Crippen LogP contribution in [0, 0.1) is 0 Å². The smallest absolute Gasteiger partial charge is 0.231 e. The summed E-state index contributed by atoms with van der Waals surface area (Å²) in [6, 6.07) is 13.1. The van der Waals surface area contributed by atoms with Gasteiger partial charge in [0.2, 0.25) is 6.79 Å². The van der Waals surface area contributed by atoms with Crippen LogP contribution in [0.4, 0.5) is 5.69 Å². The molecule has 0 amide bonds. The predicted molar refractivity (Wildman–Crippen MR) is 91.0 cm³/mol. The largest absolute Gasteiger partial charge is 0.454 e. The first-order chi connectivity index (χ1) is 10.7. The molecule has 0 aliphatic carbocycles. The van der Waals surface area contributed by atoms with Gasteiger partial charge in [-0.1, -0.05) is 29.8 Å². The molecule has 2 aromatic rings. The number of ether oxygens (including phenoxy) is 2. The lowest BCUT2D eigenvalue weighted by Crippen LogP contribution is -2.23. The molecule has 22 heavy (non-hydrogen) atoms. The fraction of sp³-hybridized carbons (Fsp3) is 0.0667. The topological polar surface area (TPSA) is 54.9 Å². The molecule has 0 saturated heterocycles. The minimum absolute atomic E-state index is 0.204. The van der Waals surface area contributed by atoms with Crippen molar-refractivity contribution in [1.29, 1.82) is 0 Å². The summed E-state index contributed by atoms with van der Waals surface area (Å²) in [5.74, 6) is 1.28. The first-order valence-corrected chi connectivity index (χ1v) is 7.25. The number of thiocarbonyl (C=S) groups is 1. The normalized spacial score (nSPS) is 12.4. The maximum atomic E-state index is 6.15. The molecule has 0 bridgehead atoms. The molecule has 0 radical (unpaired) electrons. The molecule has 7 heteroatoms. The summed E-state index contributed by atoms with van der Waals surface area (Å²) in [4.78, 5) is 0. The zero-order valence-electron chi connectivity index (χ0n) is 11.4. The summed E-state index contributed by atoms with van der Waals surface area (Å²) < 4.78 is 10.5. The van der Waals surface area contributed by atoms with E-state index in [0.717, 1.165) is 5.69 Å². The Kier molecular flexibility index (Phi) is 4.41. The number of hydrogen-bond donors (Lipinski definition) is 2. The highest BCUT2D eigenvalue weighted by atomic mass is 35.5. The maximum Gasteiger partial charge on any atom is 0.231 e. The molecule has 1 heterocycles. The van der Waals surface area contributed by atoms with Gasteiger partial charge in [0.1, 0.15) is 0 Å². The Hall–Kier alpha value is -2.31. The summed E-state index contributed by atoms with van der Waals surface area (Å²) in [7, 11) is 0. The second kappa shape index (κ2) is 6.64. The van der Waals surface area contributed by atoms with Gasteiger partial charge in [-0.2, -0.15) is 5.10 Å². The van der Waals surface area contributed by atoms with Gasteiger partial charge in [0, 0.05) is 17.3 Å². The number of hydrazone groups is 1. The van der Waals surface area contributed by atoms with E-state index in [1.165, 1.54) is 0 Å². The third-order valence-electron chi connectivity index (χ3n) is 2.89. The van der Waals surface area contributed by atoms with Crippen LogP contribution in [0.2, 0.25) is 5.02 Å². The number of fused-ring (bicyclic) bond motifs is 1. The van der Waals surface area contributed by atoms with Crippen LogP contribution in [-0.4, -0.2) is 18.1 Å². The number of anilines is 1. The molecule has 2 N–H and O–H groups in total. The minimum atomic E-state index is 0.204. The van der Waals surface area contributed by atoms with Gasteiger partial charge in [0.25, 0.3) is 0 Å². The third-order valence-corrected chi connectivity index (χ3v) is 3.41. The van der Waals surface area contributed by atoms with Crippen molar-refractivity contribution in [1.82, 2.24) is 5.43 Å². The number of nitrogens with zero attached hydrogens (tertiary/aromatic N) is 1. The molecule has 5 nitrogen and oxygen atoms in total. The highest BCUT2D eigenvalue weighted by Gasteiger charge is 2.15. The van der Waals surface area contributed by atoms with Crippen molar-refractivity contribution in [3.63, 3.8) is 0 Å². The second-order valence-corrected chi connectivity index (χ2v) is 5.23. The zero-order valence-corrected chi connectivity index (χ0v) is 12.9. The van der Waals surface area contributed by atoms with Crippen molar-refractivity contribution in [3.05, 3.63) is 53.1 Å². The van der Waals surface area contributed by atoms with Crippen LogP contribution in [0.5, 0.6) is 11.5 Å². The Balaban J connectivity index is 1.61. The molecule has 0 spiro atoms. The van der Waals surface area contributed by atoms with Crippen molar-refractivity contribution in [2.75, 3.05) is 12.1 Å². The lowest BCUT2D eigenvalue weighted by molar-refractivity contribution is 0.174. The quantitative estimate of drug-likeness (QED) is 0.512. The van der Waals surface area contributed by atoms with E-state index in [0.29, 0.717) is 27.2 Å². The van der Waals surface area contributed by atoms with E-state index in [-0.39, 0.29) is 6.79 Å². The highest BCUT2D eigenvalue weighted by molar-refractivity contribution is 7.80. The number of halogens is 1. The van der Waals surface area contributed by atoms with Gasteiger partial charge in [-0.25, -0.2) is 0 Å². The molecule has 0 aromatic heterocycles. The number of para-hydroxylation sites is 1. The van der Waals surface area contributed by atoms with Gasteiger partial charge in [-0.3, -0.25) is 5.43 Å². The fourth-order valence-corrected chi connectivity index (χ4v) is 2.25. The molecule has 3 rings (SSSR count). The van der Waals surface area contributed by atoms with Crippen LogP contribution in [0.3, 0.4) is 0 Å². The first-order valence-electron chi connectivity index (χ1n) is 6.46. The molecule has 112 valence electrons.